The lowest BCUT2D eigenvalue weighted by Crippen LogP contribution is -2.18. The van der Waals surface area contributed by atoms with Crippen LogP contribution in [0.5, 0.6) is 0 Å². The monoisotopic (exact) mass is 439 g/mol. The van der Waals surface area contributed by atoms with Crippen LogP contribution in [-0.2, 0) is 6.18 Å². The first-order chi connectivity index (χ1) is 15.3. The number of benzene rings is 2. The smallest absolute Gasteiger partial charge is 0.416 e. The predicted molar refractivity (Wildman–Crippen MR) is 111 cm³/mol. The molecule has 0 spiro atoms. The molecule has 9 heteroatoms. The molecule has 0 saturated heterocycles. The fourth-order valence-electron chi connectivity index (χ4n) is 3.07. The van der Waals surface area contributed by atoms with Crippen LogP contribution in [0.3, 0.4) is 0 Å². The maximum Gasteiger partial charge on any atom is 0.416 e. The summed E-state index contributed by atoms with van der Waals surface area (Å²) in [5.74, 6) is 0.304. The van der Waals surface area contributed by atoms with Crippen molar-refractivity contribution in [3.63, 3.8) is 0 Å². The summed E-state index contributed by atoms with van der Waals surface area (Å²) < 4.78 is 49.4. The molecule has 0 aliphatic heterocycles. The summed E-state index contributed by atoms with van der Waals surface area (Å²) in [6.45, 7) is 1.62. The van der Waals surface area contributed by atoms with E-state index in [1.54, 1.807) is 19.1 Å². The molecule has 1 amide bonds. The van der Waals surface area contributed by atoms with Gasteiger partial charge in [-0.05, 0) is 31.2 Å². The Labute approximate surface area is 180 Å². The zero-order valence-electron chi connectivity index (χ0n) is 16.7. The van der Waals surface area contributed by atoms with Gasteiger partial charge in [-0.15, -0.1) is 0 Å². The van der Waals surface area contributed by atoms with Crippen LogP contribution in [0.25, 0.3) is 22.6 Å². The molecule has 0 bridgehead atoms. The van der Waals surface area contributed by atoms with Gasteiger partial charge in [0, 0.05) is 11.1 Å². The molecule has 2 aromatic carbocycles. The van der Waals surface area contributed by atoms with Crippen LogP contribution in [0, 0.1) is 6.92 Å². The van der Waals surface area contributed by atoms with Gasteiger partial charge >= 0.3 is 6.18 Å². The third kappa shape index (κ3) is 4.46. The molecular formula is C23H16F3N3O3. The van der Waals surface area contributed by atoms with E-state index in [1.165, 1.54) is 30.5 Å². The fraction of sp³-hybridized carbons (Fsp3) is 0.0870. The van der Waals surface area contributed by atoms with E-state index in [1.807, 2.05) is 18.2 Å². The highest BCUT2D eigenvalue weighted by atomic mass is 19.4. The van der Waals surface area contributed by atoms with Crippen molar-refractivity contribution < 1.29 is 26.9 Å². The largest absolute Gasteiger partial charge is 0.455 e. The topological polar surface area (TPSA) is 80.6 Å². The van der Waals surface area contributed by atoms with E-state index in [0.29, 0.717) is 11.5 Å². The number of nitrogens with one attached hydrogen (secondary N) is 1. The van der Waals surface area contributed by atoms with E-state index < -0.39 is 17.6 Å². The van der Waals surface area contributed by atoms with Gasteiger partial charge in [-0.3, -0.25) is 4.79 Å². The van der Waals surface area contributed by atoms with E-state index in [9.17, 15) is 18.0 Å². The number of carbonyl (C=O) groups is 1. The number of hydrogen-bond acceptors (Lipinski definition) is 5. The SMILES string of the molecule is Cc1onc(-c2ccccc2)c1C(=O)NN=Cc1ccc(-c2cccc(C(F)(F)F)c2)o1. The second kappa shape index (κ2) is 8.54. The molecule has 1 N–H and O–H groups in total. The summed E-state index contributed by atoms with van der Waals surface area (Å²) >= 11 is 0. The molecule has 2 heterocycles. The van der Waals surface area contributed by atoms with Crippen LogP contribution >= 0.6 is 0 Å². The summed E-state index contributed by atoms with van der Waals surface area (Å²) in [5.41, 5.74) is 3.24. The van der Waals surface area contributed by atoms with Gasteiger partial charge in [0.15, 0.2) is 0 Å². The Balaban J connectivity index is 1.48. The van der Waals surface area contributed by atoms with Gasteiger partial charge in [0.25, 0.3) is 5.91 Å². The number of carbonyl (C=O) groups excluding carboxylic acids is 1. The molecule has 0 unspecified atom stereocenters. The first-order valence-electron chi connectivity index (χ1n) is 9.45. The van der Waals surface area contributed by atoms with Crippen molar-refractivity contribution >= 4 is 12.1 Å². The second-order valence-corrected chi connectivity index (χ2v) is 6.81. The molecule has 0 aliphatic carbocycles. The van der Waals surface area contributed by atoms with E-state index in [-0.39, 0.29) is 22.6 Å². The molecule has 0 fully saturated rings. The average Bonchev–Trinajstić information content (AvgIpc) is 3.40. The van der Waals surface area contributed by atoms with Gasteiger partial charge in [-0.2, -0.15) is 18.3 Å². The number of rotatable bonds is 5. The van der Waals surface area contributed by atoms with Crippen molar-refractivity contribution in [1.82, 2.24) is 10.6 Å². The van der Waals surface area contributed by atoms with Crippen LogP contribution in [0.2, 0.25) is 0 Å². The lowest BCUT2D eigenvalue weighted by Gasteiger charge is -2.07. The lowest BCUT2D eigenvalue weighted by molar-refractivity contribution is -0.137. The van der Waals surface area contributed by atoms with E-state index in [4.69, 9.17) is 8.94 Å². The standard InChI is InChI=1S/C23H16F3N3O3/c1-14-20(21(29-32-14)15-6-3-2-4-7-15)22(30)28-27-13-18-10-11-19(31-18)16-8-5-9-17(12-16)23(24,25)26/h2-13H,1H3,(H,28,30). The van der Waals surface area contributed by atoms with Crippen LogP contribution in [0.15, 0.2) is 80.8 Å². The molecule has 162 valence electrons. The van der Waals surface area contributed by atoms with Gasteiger partial charge in [0.05, 0.1) is 11.8 Å². The summed E-state index contributed by atoms with van der Waals surface area (Å²) in [7, 11) is 0. The molecule has 0 saturated carbocycles. The van der Waals surface area contributed by atoms with E-state index in [2.05, 4.69) is 15.7 Å². The lowest BCUT2D eigenvalue weighted by atomic mass is 10.1. The van der Waals surface area contributed by atoms with Gasteiger partial charge in [-0.25, -0.2) is 5.43 Å². The first-order valence-corrected chi connectivity index (χ1v) is 9.45. The van der Waals surface area contributed by atoms with Crippen molar-refractivity contribution in [2.75, 3.05) is 0 Å². The molecule has 0 radical (unpaired) electrons. The Morgan fingerprint density at radius 1 is 1.03 bits per heavy atom. The quantitative estimate of drug-likeness (QED) is 0.320. The number of hydrogen-bond donors (Lipinski definition) is 1. The zero-order valence-corrected chi connectivity index (χ0v) is 16.7. The van der Waals surface area contributed by atoms with Gasteiger partial charge < -0.3 is 8.94 Å². The van der Waals surface area contributed by atoms with E-state index in [0.717, 1.165) is 17.7 Å². The normalized spacial score (nSPS) is 11.8. The zero-order chi connectivity index (χ0) is 22.7. The minimum atomic E-state index is -4.45. The highest BCUT2D eigenvalue weighted by Gasteiger charge is 2.30. The summed E-state index contributed by atoms with van der Waals surface area (Å²) in [5, 5.41) is 7.82. The first kappa shape index (κ1) is 21.1. The number of aryl methyl sites for hydroxylation is 1. The maximum atomic E-state index is 12.9. The van der Waals surface area contributed by atoms with Crippen molar-refractivity contribution in [3.8, 4) is 22.6 Å². The second-order valence-electron chi connectivity index (χ2n) is 6.81. The number of amides is 1. The third-order valence-corrected chi connectivity index (χ3v) is 4.60. The Kier molecular flexibility index (Phi) is 5.63. The van der Waals surface area contributed by atoms with Crippen LogP contribution < -0.4 is 5.43 Å². The van der Waals surface area contributed by atoms with Gasteiger partial charge in [0.2, 0.25) is 0 Å². The predicted octanol–water partition coefficient (Wildman–Crippen LogP) is 5.69. The van der Waals surface area contributed by atoms with Crippen molar-refractivity contribution in [1.29, 1.82) is 0 Å². The number of nitrogens with zero attached hydrogens (tertiary/aromatic N) is 2. The summed E-state index contributed by atoms with van der Waals surface area (Å²) in [4.78, 5) is 12.6. The Morgan fingerprint density at radius 3 is 2.53 bits per heavy atom. The maximum absolute atomic E-state index is 12.9. The average molecular weight is 439 g/mol. The molecule has 32 heavy (non-hydrogen) atoms. The number of furan rings is 1. The van der Waals surface area contributed by atoms with Crippen LogP contribution in [0.1, 0.15) is 27.4 Å². The van der Waals surface area contributed by atoms with Gasteiger partial charge in [-0.1, -0.05) is 47.6 Å². The number of halogens is 3. The van der Waals surface area contributed by atoms with Gasteiger partial charge in [0.1, 0.15) is 28.5 Å². The minimum absolute atomic E-state index is 0.241. The number of hydrazone groups is 1. The Morgan fingerprint density at radius 2 is 1.78 bits per heavy atom. The summed E-state index contributed by atoms with van der Waals surface area (Å²) in [6.07, 6.45) is -3.20. The van der Waals surface area contributed by atoms with Crippen LogP contribution in [0.4, 0.5) is 13.2 Å². The van der Waals surface area contributed by atoms with Crippen molar-refractivity contribution in [2.24, 2.45) is 5.10 Å². The van der Waals surface area contributed by atoms with Crippen molar-refractivity contribution in [2.45, 2.75) is 13.1 Å². The summed E-state index contributed by atoms with van der Waals surface area (Å²) in [6, 6.07) is 16.9. The molecule has 6 nitrogen and oxygen atoms in total. The Bertz CT molecular complexity index is 1270. The molecule has 2 aromatic heterocycles. The third-order valence-electron chi connectivity index (χ3n) is 4.60. The Hall–Kier alpha value is -4.14. The molecule has 0 aliphatic rings. The molecule has 4 rings (SSSR count). The highest BCUT2D eigenvalue weighted by Crippen LogP contribution is 2.32. The fourth-order valence-corrected chi connectivity index (χ4v) is 3.07. The van der Waals surface area contributed by atoms with Crippen molar-refractivity contribution in [3.05, 3.63) is 89.4 Å². The number of aromatic nitrogens is 1. The minimum Gasteiger partial charge on any atom is -0.455 e. The molecule has 0 atom stereocenters. The van der Waals surface area contributed by atoms with E-state index >= 15 is 0 Å². The van der Waals surface area contributed by atoms with Crippen LogP contribution in [-0.4, -0.2) is 17.3 Å². The highest BCUT2D eigenvalue weighted by molar-refractivity contribution is 6.01. The molecule has 4 aromatic rings. The number of alkyl halides is 3. The molecular weight excluding hydrogens is 423 g/mol.